The molecule has 0 spiro atoms. The summed E-state index contributed by atoms with van der Waals surface area (Å²) in [4.78, 5) is 7.93. The van der Waals surface area contributed by atoms with Gasteiger partial charge in [0.25, 0.3) is 10.0 Å². The quantitative estimate of drug-likeness (QED) is 0.756. The second kappa shape index (κ2) is 6.28. The minimum Gasteiger partial charge on any atom is -0.437 e. The molecule has 0 atom stereocenters. The highest BCUT2D eigenvalue weighted by atomic mass is 32.2. The first-order valence-corrected chi connectivity index (χ1v) is 8.43. The molecule has 0 saturated carbocycles. The van der Waals surface area contributed by atoms with Gasteiger partial charge in [-0.25, -0.2) is 13.4 Å². The van der Waals surface area contributed by atoms with Crippen LogP contribution in [0.3, 0.4) is 0 Å². The minimum atomic E-state index is -3.81. The predicted molar refractivity (Wildman–Crippen MR) is 85.3 cm³/mol. The lowest BCUT2D eigenvalue weighted by molar-refractivity contribution is 0.390. The summed E-state index contributed by atoms with van der Waals surface area (Å²) in [6.07, 6.45) is 4.49. The number of hydrogen-bond acceptors (Lipinski definition) is 7. The zero-order valence-electron chi connectivity index (χ0n) is 12.9. The number of aromatic nitrogens is 3. The first-order valence-electron chi connectivity index (χ1n) is 6.95. The summed E-state index contributed by atoms with van der Waals surface area (Å²) in [7, 11) is -3.81. The zero-order chi connectivity index (χ0) is 17.2. The van der Waals surface area contributed by atoms with Gasteiger partial charge in [0, 0.05) is 18.5 Å². The number of nitrogens with zero attached hydrogens (tertiary/aromatic N) is 3. The van der Waals surface area contributed by atoms with Crippen LogP contribution in [0.2, 0.25) is 0 Å². The molecule has 0 fully saturated rings. The highest BCUT2D eigenvalue weighted by molar-refractivity contribution is 7.92. The Bertz CT molecular complexity index is 935. The SMILES string of the molecule is Cc1noc(C)c1S(=O)(=O)Nc1cccc(Oc2cnccn2)c1. The number of sulfonamides is 1. The van der Waals surface area contributed by atoms with Crippen LogP contribution < -0.4 is 9.46 Å². The molecular formula is C15H14N4O4S. The Hall–Kier alpha value is -2.94. The van der Waals surface area contributed by atoms with Crippen LogP contribution in [0, 0.1) is 13.8 Å². The number of hydrogen-bond donors (Lipinski definition) is 1. The average molecular weight is 346 g/mol. The molecule has 0 aliphatic rings. The van der Waals surface area contributed by atoms with Gasteiger partial charge in [0.2, 0.25) is 5.88 Å². The molecular weight excluding hydrogens is 332 g/mol. The summed E-state index contributed by atoms with van der Waals surface area (Å²) in [5, 5.41) is 3.66. The van der Waals surface area contributed by atoms with Crippen LogP contribution in [0.4, 0.5) is 5.69 Å². The summed E-state index contributed by atoms with van der Waals surface area (Å²) in [6, 6.07) is 6.50. The van der Waals surface area contributed by atoms with Crippen LogP contribution in [0.15, 0.2) is 52.3 Å². The van der Waals surface area contributed by atoms with E-state index < -0.39 is 10.0 Å². The summed E-state index contributed by atoms with van der Waals surface area (Å²) in [6.45, 7) is 3.11. The highest BCUT2D eigenvalue weighted by Gasteiger charge is 2.24. The Kier molecular flexibility index (Phi) is 4.17. The van der Waals surface area contributed by atoms with Gasteiger partial charge in [0.1, 0.15) is 11.4 Å². The molecule has 0 saturated heterocycles. The van der Waals surface area contributed by atoms with Crippen LogP contribution in [-0.2, 0) is 10.0 Å². The van der Waals surface area contributed by atoms with Gasteiger partial charge >= 0.3 is 0 Å². The predicted octanol–water partition coefficient (Wildman–Crippen LogP) is 2.67. The summed E-state index contributed by atoms with van der Waals surface area (Å²) in [5.74, 6) is 0.963. The number of nitrogens with one attached hydrogen (secondary N) is 1. The molecule has 3 aromatic rings. The van der Waals surface area contributed by atoms with Crippen molar-refractivity contribution in [2.24, 2.45) is 0 Å². The Morgan fingerprint density at radius 2 is 2.04 bits per heavy atom. The topological polar surface area (TPSA) is 107 Å². The molecule has 1 aromatic carbocycles. The Morgan fingerprint density at radius 1 is 1.21 bits per heavy atom. The van der Waals surface area contributed by atoms with Gasteiger partial charge in [0.15, 0.2) is 10.7 Å². The average Bonchev–Trinajstić information content (AvgIpc) is 2.88. The second-order valence-corrected chi connectivity index (χ2v) is 6.55. The summed E-state index contributed by atoms with van der Waals surface area (Å²) in [5.41, 5.74) is 0.642. The molecule has 0 aliphatic carbocycles. The van der Waals surface area contributed by atoms with Crippen LogP contribution in [0.5, 0.6) is 11.6 Å². The lowest BCUT2D eigenvalue weighted by atomic mass is 10.3. The molecule has 0 amide bonds. The van der Waals surface area contributed by atoms with Gasteiger partial charge in [-0.05, 0) is 26.0 Å². The van der Waals surface area contributed by atoms with Gasteiger partial charge in [-0.2, -0.15) is 0 Å². The van der Waals surface area contributed by atoms with E-state index in [1.165, 1.54) is 18.6 Å². The molecule has 2 aromatic heterocycles. The van der Waals surface area contributed by atoms with E-state index in [2.05, 4.69) is 19.8 Å². The van der Waals surface area contributed by atoms with Crippen molar-refractivity contribution >= 4 is 15.7 Å². The highest BCUT2D eigenvalue weighted by Crippen LogP contribution is 2.26. The van der Waals surface area contributed by atoms with E-state index in [4.69, 9.17) is 9.26 Å². The maximum absolute atomic E-state index is 12.5. The van der Waals surface area contributed by atoms with Crippen LogP contribution in [-0.4, -0.2) is 23.5 Å². The zero-order valence-corrected chi connectivity index (χ0v) is 13.7. The Labute approximate surface area is 138 Å². The van der Waals surface area contributed by atoms with Crippen molar-refractivity contribution in [2.75, 3.05) is 4.72 Å². The van der Waals surface area contributed by atoms with Gasteiger partial charge in [-0.3, -0.25) is 9.71 Å². The van der Waals surface area contributed by atoms with Crippen molar-refractivity contribution in [1.29, 1.82) is 0 Å². The third-order valence-corrected chi connectivity index (χ3v) is 4.71. The monoisotopic (exact) mass is 346 g/mol. The Morgan fingerprint density at radius 3 is 2.71 bits per heavy atom. The molecule has 0 radical (unpaired) electrons. The second-order valence-electron chi connectivity index (χ2n) is 4.93. The molecule has 0 bridgehead atoms. The van der Waals surface area contributed by atoms with Crippen LogP contribution in [0.1, 0.15) is 11.5 Å². The fourth-order valence-electron chi connectivity index (χ4n) is 2.15. The largest absolute Gasteiger partial charge is 0.437 e. The van der Waals surface area contributed by atoms with Crippen molar-refractivity contribution in [3.63, 3.8) is 0 Å². The van der Waals surface area contributed by atoms with Crippen molar-refractivity contribution in [2.45, 2.75) is 18.7 Å². The molecule has 9 heteroatoms. The van der Waals surface area contributed by atoms with E-state index >= 15 is 0 Å². The Balaban J connectivity index is 1.85. The smallest absolute Gasteiger partial charge is 0.267 e. The maximum atomic E-state index is 12.5. The molecule has 2 heterocycles. The number of ether oxygens (including phenoxy) is 1. The minimum absolute atomic E-state index is 0.0303. The van der Waals surface area contributed by atoms with E-state index in [1.54, 1.807) is 38.1 Å². The number of anilines is 1. The third-order valence-electron chi connectivity index (χ3n) is 3.08. The van der Waals surface area contributed by atoms with Crippen molar-refractivity contribution in [3.05, 3.63) is 54.3 Å². The van der Waals surface area contributed by atoms with E-state index in [1.807, 2.05) is 0 Å². The number of benzene rings is 1. The van der Waals surface area contributed by atoms with Crippen molar-refractivity contribution in [3.8, 4) is 11.6 Å². The lowest BCUT2D eigenvalue weighted by Crippen LogP contribution is -2.14. The lowest BCUT2D eigenvalue weighted by Gasteiger charge is -2.09. The normalized spacial score (nSPS) is 11.2. The van der Waals surface area contributed by atoms with E-state index in [0.717, 1.165) is 0 Å². The van der Waals surface area contributed by atoms with Gasteiger partial charge in [-0.15, -0.1) is 0 Å². The van der Waals surface area contributed by atoms with Crippen molar-refractivity contribution < 1.29 is 17.7 Å². The fourth-order valence-corrected chi connectivity index (χ4v) is 3.53. The van der Waals surface area contributed by atoms with E-state index in [-0.39, 0.29) is 10.7 Å². The molecule has 8 nitrogen and oxygen atoms in total. The number of aryl methyl sites for hydroxylation is 2. The molecule has 0 unspecified atom stereocenters. The summed E-state index contributed by atoms with van der Waals surface area (Å²) < 4.78 is 37.9. The third kappa shape index (κ3) is 3.35. The van der Waals surface area contributed by atoms with E-state index in [0.29, 0.717) is 23.0 Å². The van der Waals surface area contributed by atoms with Crippen molar-refractivity contribution in [1.82, 2.24) is 15.1 Å². The van der Waals surface area contributed by atoms with Gasteiger partial charge in [-0.1, -0.05) is 11.2 Å². The van der Waals surface area contributed by atoms with Crippen LogP contribution in [0.25, 0.3) is 0 Å². The van der Waals surface area contributed by atoms with Gasteiger partial charge in [0.05, 0.1) is 11.9 Å². The molecule has 24 heavy (non-hydrogen) atoms. The molecule has 1 N–H and O–H groups in total. The standard InChI is InChI=1S/C15H14N4O4S/c1-10-15(11(2)23-18-10)24(20,21)19-12-4-3-5-13(8-12)22-14-9-16-6-7-17-14/h3-9,19H,1-2H3. The number of rotatable bonds is 5. The molecule has 3 rings (SSSR count). The van der Waals surface area contributed by atoms with Crippen LogP contribution >= 0.6 is 0 Å². The fraction of sp³-hybridized carbons (Fsp3) is 0.133. The first kappa shape index (κ1) is 15.9. The molecule has 0 aliphatic heterocycles. The van der Waals surface area contributed by atoms with Gasteiger partial charge < -0.3 is 9.26 Å². The first-order chi connectivity index (χ1) is 11.5. The summed E-state index contributed by atoms with van der Waals surface area (Å²) >= 11 is 0. The molecule has 124 valence electrons. The van der Waals surface area contributed by atoms with E-state index in [9.17, 15) is 8.42 Å². The maximum Gasteiger partial charge on any atom is 0.267 e.